The highest BCUT2D eigenvalue weighted by molar-refractivity contribution is 8.02. The Balaban J connectivity index is 2.20. The molecule has 0 saturated heterocycles. The fourth-order valence-electron chi connectivity index (χ4n) is 1.06. The Labute approximate surface area is 102 Å². The second-order valence-electron chi connectivity index (χ2n) is 4.34. The minimum absolute atomic E-state index is 0.167. The van der Waals surface area contributed by atoms with Crippen molar-refractivity contribution in [2.75, 3.05) is 0 Å². The molecule has 2 heterocycles. The van der Waals surface area contributed by atoms with E-state index in [4.69, 9.17) is 4.42 Å². The third-order valence-electron chi connectivity index (χ3n) is 1.62. The Hall–Kier alpha value is -0.880. The van der Waals surface area contributed by atoms with Crippen molar-refractivity contribution in [1.82, 2.24) is 15.2 Å². The van der Waals surface area contributed by atoms with E-state index in [0.29, 0.717) is 11.8 Å². The van der Waals surface area contributed by atoms with Gasteiger partial charge in [0.15, 0.2) is 4.34 Å². The number of rotatable bonds is 2. The van der Waals surface area contributed by atoms with Crippen LogP contribution in [0.25, 0.3) is 11.6 Å². The highest BCUT2D eigenvalue weighted by Gasteiger charge is 2.17. The van der Waals surface area contributed by atoms with Crippen LogP contribution < -0.4 is 0 Å². The van der Waals surface area contributed by atoms with E-state index >= 15 is 0 Å². The van der Waals surface area contributed by atoms with Gasteiger partial charge in [0.05, 0.1) is 0 Å². The minimum atomic E-state index is 0.167. The van der Waals surface area contributed by atoms with E-state index in [0.717, 1.165) is 10.0 Å². The van der Waals surface area contributed by atoms with E-state index in [2.05, 4.69) is 36.0 Å². The third-order valence-corrected chi connectivity index (χ3v) is 3.67. The third kappa shape index (κ3) is 2.82. The normalized spacial score (nSPS) is 12.0. The maximum absolute atomic E-state index is 5.33. The number of hydrogen-bond donors (Lipinski definition) is 0. The summed E-state index contributed by atoms with van der Waals surface area (Å²) in [7, 11) is 0. The van der Waals surface area contributed by atoms with Gasteiger partial charge in [0.1, 0.15) is 5.69 Å². The van der Waals surface area contributed by atoms with Crippen molar-refractivity contribution >= 4 is 23.1 Å². The SMILES string of the molecule is Cc1nnc(-c2csc(SC(C)(C)C)n2)o1. The molecule has 4 nitrogen and oxygen atoms in total. The second kappa shape index (κ2) is 4.18. The first kappa shape index (κ1) is 11.6. The number of aryl methyl sites for hydroxylation is 1. The molecule has 0 amide bonds. The zero-order chi connectivity index (χ0) is 11.8. The van der Waals surface area contributed by atoms with Gasteiger partial charge in [-0.2, -0.15) is 0 Å². The van der Waals surface area contributed by atoms with Crippen LogP contribution in [0.5, 0.6) is 0 Å². The van der Waals surface area contributed by atoms with Crippen LogP contribution in [-0.4, -0.2) is 19.9 Å². The van der Waals surface area contributed by atoms with Gasteiger partial charge in [-0.15, -0.1) is 21.5 Å². The Morgan fingerprint density at radius 2 is 2.06 bits per heavy atom. The molecule has 2 aromatic heterocycles. The average molecular weight is 255 g/mol. The lowest BCUT2D eigenvalue weighted by molar-refractivity contribution is 0.531. The summed E-state index contributed by atoms with van der Waals surface area (Å²) < 4.78 is 6.52. The number of aromatic nitrogens is 3. The minimum Gasteiger partial charge on any atom is -0.420 e. The zero-order valence-electron chi connectivity index (χ0n) is 9.64. The van der Waals surface area contributed by atoms with Crippen LogP contribution in [0.4, 0.5) is 0 Å². The van der Waals surface area contributed by atoms with Crippen molar-refractivity contribution < 1.29 is 4.42 Å². The first-order valence-corrected chi connectivity index (χ1v) is 6.59. The molecular weight excluding hydrogens is 242 g/mol. The topological polar surface area (TPSA) is 51.8 Å². The van der Waals surface area contributed by atoms with Crippen LogP contribution in [0.1, 0.15) is 26.7 Å². The molecule has 0 aliphatic heterocycles. The van der Waals surface area contributed by atoms with Gasteiger partial charge in [0.2, 0.25) is 5.89 Å². The summed E-state index contributed by atoms with van der Waals surface area (Å²) in [5, 5.41) is 9.68. The van der Waals surface area contributed by atoms with Gasteiger partial charge in [0.25, 0.3) is 5.89 Å². The molecule has 0 aliphatic rings. The van der Waals surface area contributed by atoms with Crippen molar-refractivity contribution in [3.63, 3.8) is 0 Å². The first-order valence-electron chi connectivity index (χ1n) is 4.89. The van der Waals surface area contributed by atoms with E-state index in [1.807, 2.05) is 5.38 Å². The van der Waals surface area contributed by atoms with Crippen molar-refractivity contribution in [3.05, 3.63) is 11.3 Å². The summed E-state index contributed by atoms with van der Waals surface area (Å²) >= 11 is 3.35. The molecule has 0 atom stereocenters. The smallest absolute Gasteiger partial charge is 0.267 e. The Bertz CT molecular complexity index is 484. The van der Waals surface area contributed by atoms with E-state index < -0.39 is 0 Å². The van der Waals surface area contributed by atoms with E-state index in [1.165, 1.54) is 0 Å². The van der Waals surface area contributed by atoms with Gasteiger partial charge >= 0.3 is 0 Å². The lowest BCUT2D eigenvalue weighted by Crippen LogP contribution is -2.06. The molecule has 86 valence electrons. The molecule has 0 unspecified atom stereocenters. The molecule has 0 saturated carbocycles. The monoisotopic (exact) mass is 255 g/mol. The summed E-state index contributed by atoms with van der Waals surface area (Å²) in [6.07, 6.45) is 0. The molecule has 0 spiro atoms. The molecule has 0 radical (unpaired) electrons. The molecule has 0 aliphatic carbocycles. The number of hydrogen-bond acceptors (Lipinski definition) is 6. The van der Waals surface area contributed by atoms with Gasteiger partial charge in [-0.25, -0.2) is 4.98 Å². The molecule has 0 N–H and O–H groups in total. The van der Waals surface area contributed by atoms with Crippen LogP contribution in [0.2, 0.25) is 0 Å². The molecule has 2 aromatic rings. The molecule has 0 aromatic carbocycles. The molecule has 16 heavy (non-hydrogen) atoms. The van der Waals surface area contributed by atoms with Crippen LogP contribution in [-0.2, 0) is 0 Å². The zero-order valence-corrected chi connectivity index (χ0v) is 11.3. The maximum atomic E-state index is 5.33. The number of thiazole rings is 1. The summed E-state index contributed by atoms with van der Waals surface area (Å²) in [5.41, 5.74) is 0.761. The van der Waals surface area contributed by atoms with Crippen LogP contribution in [0, 0.1) is 6.92 Å². The largest absolute Gasteiger partial charge is 0.420 e. The van der Waals surface area contributed by atoms with Crippen molar-refractivity contribution in [2.24, 2.45) is 0 Å². The van der Waals surface area contributed by atoms with Crippen LogP contribution in [0.15, 0.2) is 14.1 Å². The highest BCUT2D eigenvalue weighted by Crippen LogP contribution is 2.35. The fourth-order valence-corrected chi connectivity index (χ4v) is 3.34. The van der Waals surface area contributed by atoms with Crippen molar-refractivity contribution in [2.45, 2.75) is 36.8 Å². The maximum Gasteiger partial charge on any atom is 0.267 e. The number of nitrogens with zero attached hydrogens (tertiary/aromatic N) is 3. The van der Waals surface area contributed by atoms with Gasteiger partial charge < -0.3 is 4.42 Å². The van der Waals surface area contributed by atoms with E-state index in [9.17, 15) is 0 Å². The van der Waals surface area contributed by atoms with Gasteiger partial charge in [0, 0.05) is 17.1 Å². The lowest BCUT2D eigenvalue weighted by atomic mass is 10.3. The lowest BCUT2D eigenvalue weighted by Gasteiger charge is -2.14. The van der Waals surface area contributed by atoms with Gasteiger partial charge in [-0.05, 0) is 0 Å². The Morgan fingerprint density at radius 1 is 1.31 bits per heavy atom. The van der Waals surface area contributed by atoms with Crippen molar-refractivity contribution in [1.29, 1.82) is 0 Å². The van der Waals surface area contributed by atoms with Gasteiger partial charge in [-0.1, -0.05) is 32.5 Å². The second-order valence-corrected chi connectivity index (χ2v) is 7.27. The van der Waals surface area contributed by atoms with E-state index in [-0.39, 0.29) is 4.75 Å². The molecule has 0 fully saturated rings. The Morgan fingerprint density at radius 3 is 2.62 bits per heavy atom. The molecule has 2 rings (SSSR count). The Kier molecular flexibility index (Phi) is 3.03. The summed E-state index contributed by atoms with van der Waals surface area (Å²) in [4.78, 5) is 4.46. The predicted octanol–water partition coefficient (Wildman–Crippen LogP) is 3.39. The quantitative estimate of drug-likeness (QED) is 0.770. The first-order chi connectivity index (χ1) is 7.44. The average Bonchev–Trinajstić information content (AvgIpc) is 2.71. The predicted molar refractivity (Wildman–Crippen MR) is 65.8 cm³/mol. The molecule has 6 heteroatoms. The summed E-state index contributed by atoms with van der Waals surface area (Å²) in [6.45, 7) is 8.26. The van der Waals surface area contributed by atoms with Crippen molar-refractivity contribution in [3.8, 4) is 11.6 Å². The highest BCUT2D eigenvalue weighted by atomic mass is 32.2. The van der Waals surface area contributed by atoms with Crippen LogP contribution >= 0.6 is 23.1 Å². The standard InChI is InChI=1S/C10H13N3OS2/c1-6-12-13-8(14-6)7-5-15-9(11-7)16-10(2,3)4/h5H,1-4H3. The fraction of sp³-hybridized carbons (Fsp3) is 0.500. The van der Waals surface area contributed by atoms with Gasteiger partial charge in [-0.3, -0.25) is 0 Å². The van der Waals surface area contributed by atoms with E-state index in [1.54, 1.807) is 30.0 Å². The summed E-state index contributed by atoms with van der Waals surface area (Å²) in [6, 6.07) is 0. The molecule has 0 bridgehead atoms. The number of thioether (sulfide) groups is 1. The molecular formula is C10H13N3OS2. The summed E-state index contributed by atoms with van der Waals surface area (Å²) in [5.74, 6) is 1.06. The van der Waals surface area contributed by atoms with Crippen LogP contribution in [0.3, 0.4) is 0 Å².